The molecule has 1 saturated heterocycles. The zero-order valence-corrected chi connectivity index (χ0v) is 11.9. The molecule has 0 amide bonds. The number of piperazine rings is 1. The molecule has 3 rings (SSSR count). The molecule has 0 bridgehead atoms. The van der Waals surface area contributed by atoms with Gasteiger partial charge in [-0.25, -0.2) is 0 Å². The van der Waals surface area contributed by atoms with Gasteiger partial charge in [0.05, 0.1) is 0 Å². The summed E-state index contributed by atoms with van der Waals surface area (Å²) in [4.78, 5) is 13.7. The summed E-state index contributed by atoms with van der Waals surface area (Å²) in [5.41, 5.74) is 2.73. The average Bonchev–Trinajstić information content (AvgIpc) is 2.48. The maximum Gasteiger partial charge on any atom is 0.322 e. The third kappa shape index (κ3) is 2.34. The highest BCUT2D eigenvalue weighted by molar-refractivity contribution is 5.74. The van der Waals surface area contributed by atoms with Gasteiger partial charge in [-0.15, -0.1) is 0 Å². The number of hydrogen-bond acceptors (Lipinski definition) is 3. The first-order valence-corrected chi connectivity index (χ1v) is 7.46. The van der Waals surface area contributed by atoms with E-state index in [2.05, 4.69) is 41.4 Å². The Morgan fingerprint density at radius 1 is 1.30 bits per heavy atom. The molecular weight excluding hydrogens is 252 g/mol. The van der Waals surface area contributed by atoms with Gasteiger partial charge in [0.15, 0.2) is 0 Å². The van der Waals surface area contributed by atoms with Crippen molar-refractivity contribution >= 4 is 5.97 Å². The molecule has 1 aliphatic heterocycles. The van der Waals surface area contributed by atoms with Crippen LogP contribution in [-0.4, -0.2) is 41.7 Å². The van der Waals surface area contributed by atoms with Crippen molar-refractivity contribution in [1.29, 1.82) is 0 Å². The predicted octanol–water partition coefficient (Wildman–Crippen LogP) is 1.98. The second-order valence-corrected chi connectivity index (χ2v) is 5.92. The summed E-state index contributed by atoms with van der Waals surface area (Å²) >= 11 is 0. The zero-order valence-electron chi connectivity index (χ0n) is 11.9. The molecular formula is C16H22N2O2. The summed E-state index contributed by atoms with van der Waals surface area (Å²) in [6.45, 7) is 4.49. The summed E-state index contributed by atoms with van der Waals surface area (Å²) in [7, 11) is 0. The fourth-order valence-corrected chi connectivity index (χ4v) is 3.65. The number of nitrogens with one attached hydrogen (secondary N) is 1. The molecule has 0 aromatic heterocycles. The molecule has 1 aliphatic carbocycles. The summed E-state index contributed by atoms with van der Waals surface area (Å²) in [5.74, 6) is -0.137. The Kier molecular flexibility index (Phi) is 3.76. The van der Waals surface area contributed by atoms with Gasteiger partial charge in [0.25, 0.3) is 0 Å². The van der Waals surface area contributed by atoms with Crippen LogP contribution >= 0.6 is 0 Å². The number of rotatable bonds is 2. The van der Waals surface area contributed by atoms with Gasteiger partial charge in [-0.2, -0.15) is 0 Å². The Morgan fingerprint density at radius 2 is 2.05 bits per heavy atom. The van der Waals surface area contributed by atoms with Gasteiger partial charge in [-0.3, -0.25) is 9.69 Å². The van der Waals surface area contributed by atoms with Crippen LogP contribution < -0.4 is 5.32 Å². The minimum absolute atomic E-state index is 0.255. The number of nitrogens with zero attached hydrogens (tertiary/aromatic N) is 1. The molecule has 1 aromatic rings. The molecule has 2 aliphatic rings. The lowest BCUT2D eigenvalue weighted by molar-refractivity contribution is -0.145. The van der Waals surface area contributed by atoms with Crippen molar-refractivity contribution in [2.24, 2.45) is 0 Å². The van der Waals surface area contributed by atoms with E-state index in [1.807, 2.05) is 0 Å². The van der Waals surface area contributed by atoms with Gasteiger partial charge in [-0.1, -0.05) is 31.2 Å². The minimum atomic E-state index is -0.715. The smallest absolute Gasteiger partial charge is 0.322 e. The summed E-state index contributed by atoms with van der Waals surface area (Å²) < 4.78 is 0. The quantitative estimate of drug-likeness (QED) is 0.866. The molecule has 1 aromatic carbocycles. The van der Waals surface area contributed by atoms with Crippen LogP contribution in [0.5, 0.6) is 0 Å². The van der Waals surface area contributed by atoms with Crippen LogP contribution in [0.2, 0.25) is 0 Å². The Hall–Kier alpha value is -1.39. The molecule has 1 heterocycles. The van der Waals surface area contributed by atoms with Crippen molar-refractivity contribution in [3.63, 3.8) is 0 Å². The van der Waals surface area contributed by atoms with Gasteiger partial charge in [0.2, 0.25) is 0 Å². The maximum absolute atomic E-state index is 11.5. The second-order valence-electron chi connectivity index (χ2n) is 5.92. The Bertz CT molecular complexity index is 503. The van der Waals surface area contributed by atoms with Crippen LogP contribution in [0.4, 0.5) is 0 Å². The topological polar surface area (TPSA) is 52.6 Å². The van der Waals surface area contributed by atoms with Crippen LogP contribution in [0, 0.1) is 0 Å². The fraction of sp³-hybridized carbons (Fsp3) is 0.562. The van der Waals surface area contributed by atoms with Gasteiger partial charge in [0, 0.05) is 25.7 Å². The highest BCUT2D eigenvalue weighted by Gasteiger charge is 2.37. The lowest BCUT2D eigenvalue weighted by atomic mass is 9.80. The zero-order chi connectivity index (χ0) is 14.1. The number of aliphatic carboxylic acids is 1. The maximum atomic E-state index is 11.5. The van der Waals surface area contributed by atoms with Crippen LogP contribution in [0.15, 0.2) is 24.3 Å². The molecule has 0 saturated carbocycles. The van der Waals surface area contributed by atoms with E-state index in [1.54, 1.807) is 0 Å². The highest BCUT2D eigenvalue weighted by Crippen LogP contribution is 2.41. The second kappa shape index (κ2) is 5.54. The molecule has 4 heteroatoms. The minimum Gasteiger partial charge on any atom is -0.480 e. The number of carboxylic acid groups (broad SMARTS) is 1. The van der Waals surface area contributed by atoms with E-state index in [4.69, 9.17) is 0 Å². The van der Waals surface area contributed by atoms with Crippen molar-refractivity contribution in [2.45, 2.75) is 37.8 Å². The van der Waals surface area contributed by atoms with Crippen LogP contribution in [0.3, 0.4) is 0 Å². The average molecular weight is 274 g/mol. The number of carbonyl (C=O) groups is 1. The first-order valence-electron chi connectivity index (χ1n) is 7.46. The van der Waals surface area contributed by atoms with Crippen molar-refractivity contribution in [3.05, 3.63) is 35.4 Å². The summed E-state index contributed by atoms with van der Waals surface area (Å²) in [6.07, 6.45) is 2.19. The molecule has 20 heavy (non-hydrogen) atoms. The largest absolute Gasteiger partial charge is 0.480 e. The van der Waals surface area contributed by atoms with E-state index in [0.717, 1.165) is 25.9 Å². The lowest BCUT2D eigenvalue weighted by Crippen LogP contribution is -2.56. The molecule has 2 N–H and O–H groups in total. The van der Waals surface area contributed by atoms with E-state index >= 15 is 0 Å². The van der Waals surface area contributed by atoms with Crippen molar-refractivity contribution in [3.8, 4) is 0 Å². The third-order valence-electron chi connectivity index (χ3n) is 4.73. The molecule has 0 radical (unpaired) electrons. The number of fused-ring (bicyclic) bond motifs is 1. The van der Waals surface area contributed by atoms with E-state index in [-0.39, 0.29) is 6.04 Å². The van der Waals surface area contributed by atoms with Crippen LogP contribution in [-0.2, 0) is 4.79 Å². The van der Waals surface area contributed by atoms with Crippen LogP contribution in [0.1, 0.15) is 42.9 Å². The highest BCUT2D eigenvalue weighted by atomic mass is 16.4. The number of hydrogen-bond donors (Lipinski definition) is 2. The Balaban J connectivity index is 1.93. The first-order chi connectivity index (χ1) is 9.68. The first kappa shape index (κ1) is 13.6. The van der Waals surface area contributed by atoms with Crippen molar-refractivity contribution < 1.29 is 9.90 Å². The molecule has 1 fully saturated rings. The molecule has 108 valence electrons. The van der Waals surface area contributed by atoms with E-state index in [1.165, 1.54) is 11.1 Å². The van der Waals surface area contributed by atoms with Gasteiger partial charge in [0.1, 0.15) is 6.04 Å². The molecule has 3 atom stereocenters. The van der Waals surface area contributed by atoms with Crippen LogP contribution in [0.25, 0.3) is 0 Å². The van der Waals surface area contributed by atoms with E-state index in [0.29, 0.717) is 12.5 Å². The Labute approximate surface area is 119 Å². The standard InChI is InChI=1S/C16H22N2O2/c1-11-6-7-14(13-5-3-2-4-12(11)13)18-9-8-17-10-15(18)16(19)20/h2-5,11,14-15,17H,6-10H2,1H3,(H,19,20). The van der Waals surface area contributed by atoms with Gasteiger partial charge >= 0.3 is 5.97 Å². The van der Waals surface area contributed by atoms with E-state index < -0.39 is 12.0 Å². The van der Waals surface area contributed by atoms with E-state index in [9.17, 15) is 9.90 Å². The van der Waals surface area contributed by atoms with Crippen molar-refractivity contribution in [2.75, 3.05) is 19.6 Å². The lowest BCUT2D eigenvalue weighted by Gasteiger charge is -2.43. The summed E-state index contributed by atoms with van der Waals surface area (Å²) in [6, 6.07) is 8.38. The summed E-state index contributed by atoms with van der Waals surface area (Å²) in [5, 5.41) is 12.7. The normalized spacial score (nSPS) is 30.8. The molecule has 0 spiro atoms. The molecule has 3 unspecified atom stereocenters. The molecule has 4 nitrogen and oxygen atoms in total. The number of benzene rings is 1. The fourth-order valence-electron chi connectivity index (χ4n) is 3.65. The van der Waals surface area contributed by atoms with Gasteiger partial charge in [-0.05, 0) is 29.9 Å². The van der Waals surface area contributed by atoms with Gasteiger partial charge < -0.3 is 10.4 Å². The number of carboxylic acids is 1. The monoisotopic (exact) mass is 274 g/mol. The predicted molar refractivity (Wildman–Crippen MR) is 77.8 cm³/mol. The Morgan fingerprint density at radius 3 is 2.80 bits per heavy atom. The SMILES string of the molecule is CC1CCC(N2CCNCC2C(=O)O)c2ccccc21. The van der Waals surface area contributed by atoms with Crippen molar-refractivity contribution in [1.82, 2.24) is 10.2 Å². The third-order valence-corrected chi connectivity index (χ3v) is 4.73.